The first-order chi connectivity index (χ1) is 15.0. The van der Waals surface area contributed by atoms with E-state index in [4.69, 9.17) is 22.6 Å². The Labute approximate surface area is 182 Å². The molecule has 0 aromatic heterocycles. The monoisotopic (exact) mass is 436 g/mol. The molecule has 0 saturated carbocycles. The average Bonchev–Trinajstić information content (AvgIpc) is 3.15. The van der Waals surface area contributed by atoms with Gasteiger partial charge in [-0.15, -0.1) is 0 Å². The van der Waals surface area contributed by atoms with Crippen LogP contribution >= 0.6 is 7.74 Å². The van der Waals surface area contributed by atoms with E-state index in [1.165, 1.54) is 0 Å². The van der Waals surface area contributed by atoms with E-state index in [9.17, 15) is 0 Å². The number of para-hydroxylation sites is 1. The molecule has 160 valence electrons. The predicted octanol–water partition coefficient (Wildman–Crippen LogP) is 6.84. The van der Waals surface area contributed by atoms with Crippen LogP contribution in [-0.2, 0) is 18.1 Å². The molecule has 0 radical (unpaired) electrons. The molecule has 1 saturated heterocycles. The van der Waals surface area contributed by atoms with Crippen LogP contribution in [-0.4, -0.2) is 13.2 Å². The van der Waals surface area contributed by atoms with Gasteiger partial charge >= 0.3 is 182 Å². The second-order valence-corrected chi connectivity index (χ2v) is 11.0. The molecule has 6 heteroatoms. The molecule has 0 unspecified atom stereocenters. The van der Waals surface area contributed by atoms with Crippen LogP contribution < -0.4 is 4.52 Å². The van der Waals surface area contributed by atoms with E-state index in [0.29, 0.717) is 30.5 Å². The van der Waals surface area contributed by atoms with Crippen molar-refractivity contribution in [3.05, 3.63) is 102 Å². The third kappa shape index (κ3) is 3.81. The summed E-state index contributed by atoms with van der Waals surface area (Å²) in [5, 5.41) is 0. The van der Waals surface area contributed by atoms with Crippen LogP contribution in [0, 0.1) is 5.41 Å². The molecule has 3 aromatic carbocycles. The van der Waals surface area contributed by atoms with Crippen LogP contribution in [0.3, 0.4) is 0 Å². The summed E-state index contributed by atoms with van der Waals surface area (Å²) in [5.41, 5.74) is 1.52. The van der Waals surface area contributed by atoms with E-state index in [1.54, 1.807) is 0 Å². The number of benzene rings is 3. The van der Waals surface area contributed by atoms with Crippen molar-refractivity contribution >= 4 is 19.3 Å². The summed E-state index contributed by atoms with van der Waals surface area (Å²) in [4.78, 5) is 0. The third-order valence-electron chi connectivity index (χ3n) is 5.09. The van der Waals surface area contributed by atoms with Crippen LogP contribution in [0.1, 0.15) is 25.0 Å². The molecule has 2 aliphatic rings. The van der Waals surface area contributed by atoms with Gasteiger partial charge in [0.15, 0.2) is 0 Å². The molecule has 3 aromatic rings. The molecule has 2 aliphatic heterocycles. The zero-order valence-corrected chi connectivity index (χ0v) is 18.5. The molecule has 0 bridgehead atoms. The number of hydrogen-bond acceptors (Lipinski definition) is 5. The van der Waals surface area contributed by atoms with Crippen LogP contribution in [0.2, 0.25) is 0 Å². The van der Waals surface area contributed by atoms with E-state index in [2.05, 4.69) is 13.8 Å². The van der Waals surface area contributed by atoms with Gasteiger partial charge in [0.1, 0.15) is 0 Å². The van der Waals surface area contributed by atoms with E-state index < -0.39 is 7.74 Å². The first-order valence-corrected chi connectivity index (χ1v) is 12.1. The number of rotatable bonds is 4. The molecule has 0 atom stereocenters. The van der Waals surface area contributed by atoms with Crippen molar-refractivity contribution in [1.29, 1.82) is 0 Å². The van der Waals surface area contributed by atoms with Crippen LogP contribution in [0.15, 0.2) is 91.0 Å². The average molecular weight is 436 g/mol. The first-order valence-electron chi connectivity index (χ1n) is 10.3. The molecule has 5 rings (SSSR count). The van der Waals surface area contributed by atoms with Crippen molar-refractivity contribution in [2.45, 2.75) is 13.8 Å². The molecule has 0 N–H and O–H groups in total. The standard InChI is InChI=1S/C25H25O5P/c1-25(2)18-26-31(27-19-25,28-22-16-10-5-11-17-22)29-23(20-12-6-3-7-13-20)24(30-31)21-14-8-4-9-15-21/h3-17H,18-19H2,1-2H3. The Hall–Kier alpha value is -2.85. The Morgan fingerprint density at radius 1 is 0.645 bits per heavy atom. The Balaban J connectivity index is 1.64. The van der Waals surface area contributed by atoms with E-state index >= 15 is 0 Å². The van der Waals surface area contributed by atoms with Crippen molar-refractivity contribution in [3.8, 4) is 5.75 Å². The van der Waals surface area contributed by atoms with Crippen LogP contribution in [0.5, 0.6) is 5.75 Å². The van der Waals surface area contributed by atoms with Crippen LogP contribution in [0.4, 0.5) is 0 Å². The third-order valence-corrected chi connectivity index (χ3v) is 7.66. The minimum absolute atomic E-state index is 0.196. The molecule has 0 aliphatic carbocycles. The molecule has 2 heterocycles. The van der Waals surface area contributed by atoms with Gasteiger partial charge in [0.05, 0.1) is 0 Å². The van der Waals surface area contributed by atoms with Gasteiger partial charge in [-0.05, 0) is 0 Å². The van der Waals surface area contributed by atoms with Gasteiger partial charge in [0.25, 0.3) is 0 Å². The molecule has 31 heavy (non-hydrogen) atoms. The van der Waals surface area contributed by atoms with Gasteiger partial charge in [0.2, 0.25) is 0 Å². The SMILES string of the molecule is CC1(C)COP2(Oc3ccccc3)(OC1)OC(c1ccccc1)=C(c1ccccc1)O2. The van der Waals surface area contributed by atoms with Crippen molar-refractivity contribution in [2.24, 2.45) is 5.41 Å². The fourth-order valence-corrected chi connectivity index (χ4v) is 6.50. The summed E-state index contributed by atoms with van der Waals surface area (Å²) >= 11 is 0. The zero-order chi connectivity index (χ0) is 21.4. The van der Waals surface area contributed by atoms with Crippen molar-refractivity contribution in [3.63, 3.8) is 0 Å². The predicted molar refractivity (Wildman–Crippen MR) is 122 cm³/mol. The Morgan fingerprint density at radius 3 is 1.52 bits per heavy atom. The summed E-state index contributed by atoms with van der Waals surface area (Å²) < 4.78 is 32.2. The second-order valence-electron chi connectivity index (χ2n) is 8.43. The molecule has 1 spiro atoms. The van der Waals surface area contributed by atoms with Crippen molar-refractivity contribution < 1.29 is 22.6 Å². The van der Waals surface area contributed by atoms with Gasteiger partial charge < -0.3 is 0 Å². The minimum atomic E-state index is -4.47. The van der Waals surface area contributed by atoms with Crippen molar-refractivity contribution in [1.82, 2.24) is 0 Å². The quantitative estimate of drug-likeness (QED) is 0.419. The maximum absolute atomic E-state index is 6.55. The summed E-state index contributed by atoms with van der Waals surface area (Å²) in [7, 11) is -4.47. The molecular formula is C25H25O5P. The van der Waals surface area contributed by atoms with Gasteiger partial charge in [-0.2, -0.15) is 0 Å². The van der Waals surface area contributed by atoms with Gasteiger partial charge in [-0.3, -0.25) is 0 Å². The Bertz CT molecular complexity index is 1030. The Morgan fingerprint density at radius 2 is 1.06 bits per heavy atom. The Kier molecular flexibility index (Phi) is 4.78. The van der Waals surface area contributed by atoms with E-state index in [0.717, 1.165) is 11.1 Å². The summed E-state index contributed by atoms with van der Waals surface area (Å²) in [6.45, 7) is 4.90. The second kappa shape index (κ2) is 7.38. The number of hydrogen-bond donors (Lipinski definition) is 0. The molecule has 0 amide bonds. The normalized spacial score (nSPS) is 22.1. The molecule has 1 fully saturated rings. The first kappa shape index (κ1) is 20.1. The summed E-state index contributed by atoms with van der Waals surface area (Å²) in [6, 6.07) is 29.0. The summed E-state index contributed by atoms with van der Waals surface area (Å²) in [6.07, 6.45) is 0. The van der Waals surface area contributed by atoms with Gasteiger partial charge in [0, 0.05) is 0 Å². The summed E-state index contributed by atoms with van der Waals surface area (Å²) in [5.74, 6) is 1.64. The fraction of sp³-hybridized carbons (Fsp3) is 0.200. The zero-order valence-electron chi connectivity index (χ0n) is 17.6. The fourth-order valence-electron chi connectivity index (χ4n) is 3.43. The van der Waals surface area contributed by atoms with Gasteiger partial charge in [-0.25, -0.2) is 0 Å². The van der Waals surface area contributed by atoms with Crippen molar-refractivity contribution in [2.75, 3.05) is 13.2 Å². The van der Waals surface area contributed by atoms with Gasteiger partial charge in [-0.1, -0.05) is 0 Å². The molecule has 5 nitrogen and oxygen atoms in total. The maximum atomic E-state index is 6.55. The van der Waals surface area contributed by atoms with E-state index in [-0.39, 0.29) is 5.41 Å². The van der Waals surface area contributed by atoms with Crippen LogP contribution in [0.25, 0.3) is 11.5 Å². The van der Waals surface area contributed by atoms with E-state index in [1.807, 2.05) is 91.0 Å². The topological polar surface area (TPSA) is 46.2 Å². The molecular weight excluding hydrogens is 411 g/mol.